The molecule has 0 unspecified atom stereocenters. The maximum Gasteiger partial charge on any atom is 0.303 e. The Morgan fingerprint density at radius 3 is 1.65 bits per heavy atom. The molecule has 0 saturated heterocycles. The van der Waals surface area contributed by atoms with E-state index >= 15 is 0 Å². The normalized spacial score (nSPS) is 20.6. The van der Waals surface area contributed by atoms with Gasteiger partial charge >= 0.3 is 5.97 Å². The molecular weight excluding hydrogens is 671 g/mol. The van der Waals surface area contributed by atoms with Gasteiger partial charge in [0, 0.05) is 18.5 Å². The van der Waals surface area contributed by atoms with Crippen molar-refractivity contribution in [3.63, 3.8) is 0 Å². The van der Waals surface area contributed by atoms with E-state index in [4.69, 9.17) is 14.6 Å². The summed E-state index contributed by atoms with van der Waals surface area (Å²) in [6, 6.07) is 20.9. The van der Waals surface area contributed by atoms with E-state index in [0.717, 1.165) is 83.7 Å². The highest BCUT2D eigenvalue weighted by Gasteiger charge is 2.31. The number of nitrogens with one attached hydrogen (secondary N) is 1. The monoisotopic (exact) mass is 735 g/mol. The lowest BCUT2D eigenvalue weighted by molar-refractivity contribution is -0.137. The summed E-state index contributed by atoms with van der Waals surface area (Å²) in [4.78, 5) is 21.5. The van der Waals surface area contributed by atoms with Crippen molar-refractivity contribution in [2.45, 2.75) is 138 Å². The van der Waals surface area contributed by atoms with E-state index in [2.05, 4.69) is 103 Å². The van der Waals surface area contributed by atoms with Crippen molar-refractivity contribution >= 4 is 33.8 Å². The minimum Gasteiger partial charge on any atom is -0.490 e. The first-order valence-electron chi connectivity index (χ1n) is 20.4. The second-order valence-corrected chi connectivity index (χ2v) is 18.2. The topological polar surface area (TPSA) is 84.9 Å². The van der Waals surface area contributed by atoms with Crippen LogP contribution >= 0.6 is 0 Å². The summed E-state index contributed by atoms with van der Waals surface area (Å²) in [6.07, 6.45) is 12.0. The number of aliphatic carboxylic acids is 1. The van der Waals surface area contributed by atoms with Gasteiger partial charge in [-0.3, -0.25) is 9.59 Å². The first-order valence-corrected chi connectivity index (χ1v) is 20.4. The SMILES string of the molecule is Cc1cc(OC2CCC(C(C)(C)C)CC2)cc2ccc(C=O)cc12.Cc1cc(OC2CCC(C(C)(C)C)CC2)cc2ccc(CNCCCC(=O)O)cc12. The number of carbonyl (C=O) groups excluding carboxylic acids is 1. The molecule has 6 nitrogen and oxygen atoms in total. The minimum absolute atomic E-state index is 0.213. The van der Waals surface area contributed by atoms with Crippen LogP contribution in [-0.4, -0.2) is 36.1 Å². The van der Waals surface area contributed by atoms with Crippen LogP contribution < -0.4 is 14.8 Å². The summed E-state index contributed by atoms with van der Waals surface area (Å²) in [5, 5.41) is 16.8. The summed E-state index contributed by atoms with van der Waals surface area (Å²) in [5.41, 5.74) is 5.14. The summed E-state index contributed by atoms with van der Waals surface area (Å²) in [6.45, 7) is 19.8. The van der Waals surface area contributed by atoms with E-state index in [1.807, 2.05) is 18.2 Å². The molecule has 0 aliphatic heterocycles. The van der Waals surface area contributed by atoms with E-state index in [-0.39, 0.29) is 6.42 Å². The standard InChI is InChI=1S/C26H37NO3.C22H28O2/c1-18-14-23(30-22-11-9-21(10-12-22)26(2,3)4)16-20-8-7-19(15-24(18)20)17-27-13-5-6-25(28)29;1-15-11-20(13-17-6-5-16(14-23)12-21(15)17)24-19-9-7-18(8-10-19)22(2,3)4/h7-8,14-16,21-22,27H,5-6,9-13,17H2,1-4H3,(H,28,29);5-6,11-14,18-19H,7-10H2,1-4H3. The Kier molecular flexibility index (Phi) is 13.9. The molecular formula is C48H65NO5. The Bertz CT molecular complexity index is 1870. The van der Waals surface area contributed by atoms with Gasteiger partial charge in [0.25, 0.3) is 0 Å². The lowest BCUT2D eigenvalue weighted by atomic mass is 9.72. The highest BCUT2D eigenvalue weighted by atomic mass is 16.5. The van der Waals surface area contributed by atoms with Gasteiger partial charge < -0.3 is 19.9 Å². The molecule has 0 amide bonds. The molecule has 2 aliphatic carbocycles. The number of rotatable bonds is 11. The van der Waals surface area contributed by atoms with Crippen molar-refractivity contribution in [2.24, 2.45) is 22.7 Å². The smallest absolute Gasteiger partial charge is 0.303 e. The second-order valence-electron chi connectivity index (χ2n) is 18.2. The molecule has 0 radical (unpaired) electrons. The molecule has 0 atom stereocenters. The number of fused-ring (bicyclic) bond motifs is 2. The molecule has 0 aromatic heterocycles. The van der Waals surface area contributed by atoms with Crippen molar-refractivity contribution in [1.82, 2.24) is 5.32 Å². The number of carboxylic acids is 1. The van der Waals surface area contributed by atoms with Gasteiger partial charge in [-0.1, -0.05) is 65.8 Å². The number of hydrogen-bond donors (Lipinski definition) is 2. The third-order valence-corrected chi connectivity index (χ3v) is 12.0. The van der Waals surface area contributed by atoms with Crippen LogP contribution in [0.25, 0.3) is 21.5 Å². The Morgan fingerprint density at radius 1 is 0.704 bits per heavy atom. The van der Waals surface area contributed by atoms with Gasteiger partial charge in [-0.2, -0.15) is 0 Å². The minimum atomic E-state index is -0.738. The quantitative estimate of drug-likeness (QED) is 0.118. The van der Waals surface area contributed by atoms with Crippen LogP contribution in [-0.2, 0) is 11.3 Å². The molecule has 2 saturated carbocycles. The molecule has 6 rings (SSSR count). The molecule has 4 aromatic carbocycles. The van der Waals surface area contributed by atoms with Crippen molar-refractivity contribution < 1.29 is 24.2 Å². The van der Waals surface area contributed by atoms with Crippen molar-refractivity contribution in [2.75, 3.05) is 6.54 Å². The van der Waals surface area contributed by atoms with Gasteiger partial charge in [-0.15, -0.1) is 0 Å². The van der Waals surface area contributed by atoms with Gasteiger partial charge in [-0.05, 0) is 175 Å². The Hall–Kier alpha value is -3.90. The van der Waals surface area contributed by atoms with Gasteiger partial charge in [0.05, 0.1) is 12.2 Å². The van der Waals surface area contributed by atoms with Crippen LogP contribution in [0.4, 0.5) is 0 Å². The summed E-state index contributed by atoms with van der Waals surface area (Å²) >= 11 is 0. The molecule has 0 bridgehead atoms. The maximum absolute atomic E-state index is 11.0. The summed E-state index contributed by atoms with van der Waals surface area (Å²) in [5.74, 6) is 2.81. The Balaban J connectivity index is 0.000000213. The van der Waals surface area contributed by atoms with Crippen LogP contribution in [0.1, 0.15) is 133 Å². The average molecular weight is 736 g/mol. The molecule has 2 aliphatic rings. The summed E-state index contributed by atoms with van der Waals surface area (Å²) in [7, 11) is 0. The summed E-state index contributed by atoms with van der Waals surface area (Å²) < 4.78 is 12.7. The zero-order chi connectivity index (χ0) is 39.0. The van der Waals surface area contributed by atoms with Gasteiger partial charge in [-0.25, -0.2) is 0 Å². The third-order valence-electron chi connectivity index (χ3n) is 12.0. The van der Waals surface area contributed by atoms with Crippen LogP contribution in [0.3, 0.4) is 0 Å². The first kappa shape index (κ1) is 41.3. The lowest BCUT2D eigenvalue weighted by Crippen LogP contribution is -2.30. The second kappa shape index (κ2) is 18.2. The maximum atomic E-state index is 11.0. The van der Waals surface area contributed by atoms with Gasteiger partial charge in [0.15, 0.2) is 0 Å². The third kappa shape index (κ3) is 11.6. The highest BCUT2D eigenvalue weighted by molar-refractivity contribution is 5.92. The van der Waals surface area contributed by atoms with E-state index in [0.29, 0.717) is 36.0 Å². The fourth-order valence-corrected chi connectivity index (χ4v) is 8.48. The average Bonchev–Trinajstić information content (AvgIpc) is 3.11. The van der Waals surface area contributed by atoms with Crippen molar-refractivity contribution in [1.29, 1.82) is 0 Å². The van der Waals surface area contributed by atoms with E-state index in [1.165, 1.54) is 47.6 Å². The fourth-order valence-electron chi connectivity index (χ4n) is 8.48. The molecule has 4 aromatic rings. The predicted molar refractivity (Wildman–Crippen MR) is 223 cm³/mol. The van der Waals surface area contributed by atoms with Crippen LogP contribution in [0.5, 0.6) is 11.5 Å². The number of hydrogen-bond acceptors (Lipinski definition) is 5. The highest BCUT2D eigenvalue weighted by Crippen LogP contribution is 2.40. The molecule has 6 heteroatoms. The predicted octanol–water partition coefficient (Wildman–Crippen LogP) is 12.0. The van der Waals surface area contributed by atoms with E-state index in [1.54, 1.807) is 0 Å². The first-order chi connectivity index (χ1) is 25.6. The molecule has 2 N–H and O–H groups in total. The van der Waals surface area contributed by atoms with E-state index < -0.39 is 5.97 Å². The Morgan fingerprint density at radius 2 is 1.19 bits per heavy atom. The van der Waals surface area contributed by atoms with Crippen LogP contribution in [0.2, 0.25) is 0 Å². The number of aryl methyl sites for hydroxylation is 2. The number of benzene rings is 4. The zero-order valence-corrected chi connectivity index (χ0v) is 34.2. The fraction of sp³-hybridized carbons (Fsp3) is 0.542. The van der Waals surface area contributed by atoms with Gasteiger partial charge in [0.1, 0.15) is 17.8 Å². The number of aldehydes is 1. The molecule has 2 fully saturated rings. The zero-order valence-electron chi connectivity index (χ0n) is 34.2. The molecule has 292 valence electrons. The number of carboxylic acid groups (broad SMARTS) is 1. The van der Waals surface area contributed by atoms with Gasteiger partial charge in [0.2, 0.25) is 0 Å². The Labute approximate surface area is 324 Å². The number of ether oxygens (including phenoxy) is 2. The van der Waals surface area contributed by atoms with Crippen LogP contribution in [0.15, 0.2) is 60.7 Å². The van der Waals surface area contributed by atoms with E-state index in [9.17, 15) is 9.59 Å². The van der Waals surface area contributed by atoms with Crippen LogP contribution in [0, 0.1) is 36.5 Å². The lowest BCUT2D eigenvalue weighted by Gasteiger charge is -2.37. The van der Waals surface area contributed by atoms with Crippen molar-refractivity contribution in [3.8, 4) is 11.5 Å². The molecule has 0 heterocycles. The molecule has 0 spiro atoms. The molecule has 54 heavy (non-hydrogen) atoms. The number of carbonyl (C=O) groups is 2. The van der Waals surface area contributed by atoms with Crippen molar-refractivity contribution in [3.05, 3.63) is 82.9 Å². The largest absolute Gasteiger partial charge is 0.490 e.